The molecule has 0 aliphatic carbocycles. The molecule has 2 atom stereocenters. The van der Waals surface area contributed by atoms with Gasteiger partial charge in [0.05, 0.1) is 0 Å². The molecule has 29 heteroatoms. The Labute approximate surface area is 209 Å². The van der Waals surface area contributed by atoms with Crippen molar-refractivity contribution in [3.05, 3.63) is 0 Å². The van der Waals surface area contributed by atoms with Crippen LogP contribution in [0.4, 0.5) is 0 Å². The van der Waals surface area contributed by atoms with Gasteiger partial charge in [0.2, 0.25) is 0 Å². The van der Waals surface area contributed by atoms with Crippen LogP contribution in [-0.2, 0) is 155 Å². The molecular formula is H6Mo5O20P2V2. The van der Waals surface area contributed by atoms with Crippen LogP contribution in [0.2, 0.25) is 0 Å². The van der Waals surface area contributed by atoms with E-state index < -0.39 is 83.7 Å². The molecule has 0 heterocycles. The zero-order valence-corrected chi connectivity index (χ0v) is 28.2. The third kappa shape index (κ3) is 2790. The van der Waals surface area contributed by atoms with Gasteiger partial charge in [-0.25, -0.2) is 0 Å². The first-order valence-corrected chi connectivity index (χ1v) is 19.7. The monoisotopic (exact) mass is 979 g/mol. The number of rotatable bonds is 0. The molecule has 0 amide bonds. The molecule has 0 N–H and O–H groups in total. The van der Waals surface area contributed by atoms with Crippen molar-refractivity contribution in [2.75, 3.05) is 0 Å². The molecule has 0 saturated carbocycles. The summed E-state index contributed by atoms with van der Waals surface area (Å²) in [7, 11) is 0. The first-order chi connectivity index (χ1) is 10.0. The van der Waals surface area contributed by atoms with E-state index in [9.17, 15) is 0 Å². The maximum absolute atomic E-state index is 8.63. The van der Waals surface area contributed by atoms with E-state index in [-0.39, 0.29) is 56.9 Å². The van der Waals surface area contributed by atoms with Crippen LogP contribution in [-0.4, -0.2) is 0 Å². The zero-order valence-electron chi connectivity index (χ0n) is 12.5. The van der Waals surface area contributed by atoms with Crippen LogP contribution in [0.25, 0.3) is 0 Å². The summed E-state index contributed by atoms with van der Waals surface area (Å²) < 4.78 is 173. The van der Waals surface area contributed by atoms with Gasteiger partial charge in [-0.15, -0.1) is 0 Å². The van der Waals surface area contributed by atoms with E-state index in [0.717, 1.165) is 0 Å². The van der Waals surface area contributed by atoms with Crippen molar-refractivity contribution in [3.63, 3.8) is 0 Å². The van der Waals surface area contributed by atoms with Crippen molar-refractivity contribution in [1.29, 1.82) is 0 Å². The third-order valence-electron chi connectivity index (χ3n) is 0. The molecule has 0 radical (unpaired) electrons. The van der Waals surface area contributed by atoms with E-state index in [1.807, 2.05) is 0 Å². The van der Waals surface area contributed by atoms with E-state index >= 15 is 0 Å². The minimum atomic E-state index is -6.02. The van der Waals surface area contributed by atoms with Crippen LogP contribution < -0.4 is 37.6 Å². The van der Waals surface area contributed by atoms with Crippen LogP contribution in [0.5, 0.6) is 0 Å². The van der Waals surface area contributed by atoms with Gasteiger partial charge in [0.1, 0.15) is 0 Å². The SMILES string of the molecule is P.P.[O]=[Mo](=[O])([O-])[O-].[O]=[Mo](=[O])([O-])[O-].[O]=[Mo](=[O])([O-])[O-].[O]=[Mo](=[O])([O-])[O-].[O]=[Mo](=[O])([O-])[O-].[V+5].[V+5]. The largest absolute Gasteiger partial charge is 5.00 e. The van der Waals surface area contributed by atoms with Gasteiger partial charge in [-0.3, -0.25) is 0 Å². The van der Waals surface area contributed by atoms with E-state index in [2.05, 4.69) is 0 Å². The summed E-state index contributed by atoms with van der Waals surface area (Å²) in [5.74, 6) is 0. The maximum atomic E-state index is 8.63. The minimum absolute atomic E-state index is 0. The molecule has 0 aliphatic heterocycles. The van der Waals surface area contributed by atoms with Crippen LogP contribution in [0, 0.1) is 0 Å². The second kappa shape index (κ2) is 25.7. The average molecular weight is 970 g/mol. The topological polar surface area (TPSA) is 401 Å². The van der Waals surface area contributed by atoms with Gasteiger partial charge in [0.25, 0.3) is 0 Å². The normalized spacial score (nSPS) is 10.0. The van der Waals surface area contributed by atoms with Crippen molar-refractivity contribution in [1.82, 2.24) is 0 Å². The molecule has 20 nitrogen and oxygen atoms in total. The Hall–Kier alpha value is 3.07. The molecule has 0 spiro atoms. The molecule has 0 fully saturated rings. The number of hydrogen-bond donors (Lipinski definition) is 0. The average Bonchev–Trinajstić information content (AvgIpc) is 1.79. The Kier molecular flexibility index (Phi) is 51.5. The zero-order chi connectivity index (χ0) is 22.5. The van der Waals surface area contributed by atoms with Gasteiger partial charge in [-0.2, -0.15) is 19.8 Å². The minimum Gasteiger partial charge on any atom is 5.00 e. The van der Waals surface area contributed by atoms with Crippen LogP contribution in [0.15, 0.2) is 0 Å². The van der Waals surface area contributed by atoms with Gasteiger partial charge >= 0.3 is 192 Å². The second-order valence-electron chi connectivity index (χ2n) is 2.04. The third-order valence-corrected chi connectivity index (χ3v) is 0. The predicted molar refractivity (Wildman–Crippen MR) is 29.1 cm³/mol. The summed E-state index contributed by atoms with van der Waals surface area (Å²) in [5.41, 5.74) is 0. The van der Waals surface area contributed by atoms with Crippen molar-refractivity contribution in [3.8, 4) is 0 Å². The second-order valence-corrected chi connectivity index (χ2v) is 12.1. The van der Waals surface area contributed by atoms with E-state index in [0.29, 0.717) is 0 Å². The smallest absolute Gasteiger partial charge is 5.00 e. The van der Waals surface area contributed by atoms with Gasteiger partial charge in [-0.05, 0) is 0 Å². The fourth-order valence-corrected chi connectivity index (χ4v) is 0. The quantitative estimate of drug-likeness (QED) is 0.161. The summed E-state index contributed by atoms with van der Waals surface area (Å²) in [6.07, 6.45) is 0. The van der Waals surface area contributed by atoms with Gasteiger partial charge in [0, 0.05) is 0 Å². The van der Waals surface area contributed by atoms with Gasteiger partial charge < -0.3 is 0 Å². The molecular weight excluding hydrogens is 964 g/mol. The van der Waals surface area contributed by atoms with Gasteiger partial charge in [0.15, 0.2) is 0 Å². The Bertz CT molecular complexity index is 629. The van der Waals surface area contributed by atoms with Crippen molar-refractivity contribution < 1.29 is 192 Å². The summed E-state index contributed by atoms with van der Waals surface area (Å²) in [5, 5.41) is 0. The molecule has 0 bridgehead atoms. The first kappa shape index (κ1) is 58.2. The fourth-order valence-electron chi connectivity index (χ4n) is 0. The molecule has 29 heavy (non-hydrogen) atoms. The molecule has 0 aromatic heterocycles. The molecule has 0 rings (SSSR count). The molecule has 0 aromatic carbocycles. The summed E-state index contributed by atoms with van der Waals surface area (Å²) in [6.45, 7) is 0. The molecule has 0 saturated heterocycles. The fraction of sp³-hybridized carbons (Fsp3) is 0. The Morgan fingerprint density at radius 1 is 0.276 bits per heavy atom. The summed E-state index contributed by atoms with van der Waals surface area (Å²) in [4.78, 5) is 0. The van der Waals surface area contributed by atoms with Crippen molar-refractivity contribution in [2.24, 2.45) is 0 Å². The Morgan fingerprint density at radius 3 is 0.276 bits per heavy atom. The Balaban J connectivity index is -0.0000000238. The van der Waals surface area contributed by atoms with Gasteiger partial charge in [-0.1, -0.05) is 0 Å². The summed E-state index contributed by atoms with van der Waals surface area (Å²) in [6, 6.07) is 0. The van der Waals surface area contributed by atoms with E-state index in [4.69, 9.17) is 71.6 Å². The number of hydrogen-bond acceptors (Lipinski definition) is 20. The molecule has 0 aliphatic rings. The Morgan fingerprint density at radius 2 is 0.276 bits per heavy atom. The molecule has 2 unspecified atom stereocenters. The van der Waals surface area contributed by atoms with E-state index in [1.54, 1.807) is 0 Å². The molecule has 176 valence electrons. The summed E-state index contributed by atoms with van der Waals surface area (Å²) >= 11 is -30.1. The maximum Gasteiger partial charge on any atom is 5.00 e. The van der Waals surface area contributed by atoms with E-state index in [1.165, 1.54) is 0 Å². The first-order valence-electron chi connectivity index (χ1n) is 3.33. The van der Waals surface area contributed by atoms with Crippen LogP contribution in [0.1, 0.15) is 0 Å². The van der Waals surface area contributed by atoms with Crippen molar-refractivity contribution in [2.45, 2.75) is 0 Å². The van der Waals surface area contributed by atoms with Crippen molar-refractivity contribution >= 4 is 19.8 Å². The van der Waals surface area contributed by atoms with Crippen LogP contribution >= 0.6 is 19.8 Å². The molecule has 0 aromatic rings. The van der Waals surface area contributed by atoms with Crippen LogP contribution in [0.3, 0.4) is 0 Å². The predicted octanol–water partition coefficient (Wildman–Crippen LogP) is -13.0. The standard InChI is InChI=1S/5Mo.20O.2H3P.2V/h;;;;;;;;;;;;;;;;;;;;;;;;;2*1H3;;/q;;;;;;;;;;;;;;;10*-1;;;2*+5.